The minimum absolute atomic E-state index is 0.360. The molecule has 4 N–H and O–H groups in total. The molecule has 0 aliphatic heterocycles. The highest BCUT2D eigenvalue weighted by Gasteiger charge is 2.29. The molecule has 0 spiro atoms. The Kier molecular flexibility index (Phi) is 5.51. The van der Waals surface area contributed by atoms with E-state index in [1.807, 2.05) is 6.07 Å². The first kappa shape index (κ1) is 16.5. The molecule has 22 heavy (non-hydrogen) atoms. The van der Waals surface area contributed by atoms with Crippen LogP contribution < -0.4 is 16.0 Å². The van der Waals surface area contributed by atoms with E-state index in [4.69, 9.17) is 5.73 Å². The van der Waals surface area contributed by atoms with Crippen molar-refractivity contribution < 1.29 is 14.7 Å². The summed E-state index contributed by atoms with van der Waals surface area (Å²) in [5.74, 6) is 0.0936. The number of aliphatic hydroxyl groups is 1. The SMILES string of the molecule is CC(C(O)C(=O)NCC1CC1)N(C=O)c1cccc(CN)c1. The van der Waals surface area contributed by atoms with Gasteiger partial charge in [0.05, 0.1) is 6.04 Å². The van der Waals surface area contributed by atoms with E-state index in [0.29, 0.717) is 31.1 Å². The van der Waals surface area contributed by atoms with Gasteiger partial charge in [-0.2, -0.15) is 0 Å². The van der Waals surface area contributed by atoms with Gasteiger partial charge < -0.3 is 21.1 Å². The first-order chi connectivity index (χ1) is 10.6. The van der Waals surface area contributed by atoms with Gasteiger partial charge in [-0.3, -0.25) is 9.59 Å². The molecule has 2 amide bonds. The Morgan fingerprint density at radius 2 is 2.27 bits per heavy atom. The van der Waals surface area contributed by atoms with Crippen LogP contribution in [0, 0.1) is 5.92 Å². The molecule has 1 aromatic rings. The van der Waals surface area contributed by atoms with Crippen molar-refractivity contribution in [2.45, 2.75) is 38.5 Å². The Balaban J connectivity index is 2.03. The summed E-state index contributed by atoms with van der Waals surface area (Å²) in [5.41, 5.74) is 7.09. The van der Waals surface area contributed by atoms with Crippen LogP contribution in [-0.2, 0) is 16.1 Å². The van der Waals surface area contributed by atoms with Crippen LogP contribution in [0.3, 0.4) is 0 Å². The lowest BCUT2D eigenvalue weighted by molar-refractivity contribution is -0.130. The minimum Gasteiger partial charge on any atom is -0.381 e. The van der Waals surface area contributed by atoms with Gasteiger partial charge in [0.2, 0.25) is 6.41 Å². The third-order valence-electron chi connectivity index (χ3n) is 3.98. The van der Waals surface area contributed by atoms with Crippen molar-refractivity contribution in [3.63, 3.8) is 0 Å². The van der Waals surface area contributed by atoms with E-state index in [-0.39, 0.29) is 0 Å². The van der Waals surface area contributed by atoms with E-state index in [1.54, 1.807) is 25.1 Å². The first-order valence-electron chi connectivity index (χ1n) is 7.55. The van der Waals surface area contributed by atoms with Gasteiger partial charge in [0.25, 0.3) is 5.91 Å². The monoisotopic (exact) mass is 305 g/mol. The van der Waals surface area contributed by atoms with Crippen LogP contribution in [-0.4, -0.2) is 36.1 Å². The second-order valence-corrected chi connectivity index (χ2v) is 5.76. The number of benzene rings is 1. The molecule has 6 heteroatoms. The molecule has 0 radical (unpaired) electrons. The maximum absolute atomic E-state index is 12.0. The summed E-state index contributed by atoms with van der Waals surface area (Å²) >= 11 is 0. The Labute approximate surface area is 130 Å². The molecule has 120 valence electrons. The van der Waals surface area contributed by atoms with Crippen molar-refractivity contribution in [3.8, 4) is 0 Å². The van der Waals surface area contributed by atoms with Gasteiger partial charge >= 0.3 is 0 Å². The van der Waals surface area contributed by atoms with Crippen LogP contribution in [0.1, 0.15) is 25.3 Å². The number of amides is 2. The van der Waals surface area contributed by atoms with Gasteiger partial charge in [-0.1, -0.05) is 12.1 Å². The Bertz CT molecular complexity index is 531. The maximum Gasteiger partial charge on any atom is 0.251 e. The van der Waals surface area contributed by atoms with Gasteiger partial charge in [0, 0.05) is 18.8 Å². The molecule has 1 aliphatic carbocycles. The fourth-order valence-electron chi connectivity index (χ4n) is 2.28. The predicted molar refractivity (Wildman–Crippen MR) is 84.1 cm³/mol. The highest BCUT2D eigenvalue weighted by molar-refractivity contribution is 5.84. The van der Waals surface area contributed by atoms with Gasteiger partial charge in [-0.25, -0.2) is 0 Å². The number of aliphatic hydroxyl groups excluding tert-OH is 1. The van der Waals surface area contributed by atoms with Crippen molar-refractivity contribution in [1.29, 1.82) is 0 Å². The third-order valence-corrected chi connectivity index (χ3v) is 3.98. The first-order valence-corrected chi connectivity index (χ1v) is 7.55. The fourth-order valence-corrected chi connectivity index (χ4v) is 2.28. The molecule has 0 heterocycles. The second kappa shape index (κ2) is 7.38. The normalized spacial score (nSPS) is 16.7. The number of hydrogen-bond acceptors (Lipinski definition) is 4. The minimum atomic E-state index is -1.27. The Morgan fingerprint density at radius 3 is 2.86 bits per heavy atom. The molecule has 1 aromatic carbocycles. The summed E-state index contributed by atoms with van der Waals surface area (Å²) in [6.07, 6.45) is 1.60. The molecule has 0 bridgehead atoms. The van der Waals surface area contributed by atoms with E-state index in [1.165, 1.54) is 4.90 Å². The third kappa shape index (κ3) is 4.05. The van der Waals surface area contributed by atoms with Crippen molar-refractivity contribution in [3.05, 3.63) is 29.8 Å². The van der Waals surface area contributed by atoms with Crippen molar-refractivity contribution in [2.24, 2.45) is 11.7 Å². The van der Waals surface area contributed by atoms with Crippen LogP contribution in [0.25, 0.3) is 0 Å². The molecular weight excluding hydrogens is 282 g/mol. The van der Waals surface area contributed by atoms with Crippen LogP contribution in [0.15, 0.2) is 24.3 Å². The lowest BCUT2D eigenvalue weighted by atomic mass is 10.1. The summed E-state index contributed by atoms with van der Waals surface area (Å²) in [6.45, 7) is 2.59. The molecule has 1 saturated carbocycles. The molecule has 1 aliphatic rings. The van der Waals surface area contributed by atoms with Gasteiger partial charge in [-0.05, 0) is 43.4 Å². The number of nitrogens with two attached hydrogens (primary N) is 1. The largest absolute Gasteiger partial charge is 0.381 e. The second-order valence-electron chi connectivity index (χ2n) is 5.76. The van der Waals surface area contributed by atoms with Crippen LogP contribution in [0.5, 0.6) is 0 Å². The molecule has 6 nitrogen and oxygen atoms in total. The number of nitrogens with one attached hydrogen (secondary N) is 1. The van der Waals surface area contributed by atoms with E-state index >= 15 is 0 Å². The number of carbonyl (C=O) groups excluding carboxylic acids is 2. The van der Waals surface area contributed by atoms with Gasteiger partial charge in [0.15, 0.2) is 6.10 Å². The average Bonchev–Trinajstić information content (AvgIpc) is 3.37. The summed E-state index contributed by atoms with van der Waals surface area (Å²) in [7, 11) is 0. The summed E-state index contributed by atoms with van der Waals surface area (Å²) < 4.78 is 0. The summed E-state index contributed by atoms with van der Waals surface area (Å²) in [4.78, 5) is 24.7. The lowest BCUT2D eigenvalue weighted by Crippen LogP contribution is -2.49. The topological polar surface area (TPSA) is 95.7 Å². The molecule has 2 rings (SSSR count). The zero-order valence-corrected chi connectivity index (χ0v) is 12.7. The van der Waals surface area contributed by atoms with Gasteiger partial charge in [0.1, 0.15) is 0 Å². The molecule has 2 unspecified atom stereocenters. The van der Waals surface area contributed by atoms with Crippen LogP contribution in [0.4, 0.5) is 5.69 Å². The Morgan fingerprint density at radius 1 is 1.55 bits per heavy atom. The molecule has 1 fully saturated rings. The van der Waals surface area contributed by atoms with E-state index in [0.717, 1.165) is 18.4 Å². The van der Waals surface area contributed by atoms with E-state index in [9.17, 15) is 14.7 Å². The van der Waals surface area contributed by atoms with Gasteiger partial charge in [-0.15, -0.1) is 0 Å². The van der Waals surface area contributed by atoms with E-state index < -0.39 is 18.1 Å². The van der Waals surface area contributed by atoms with Crippen molar-refractivity contribution >= 4 is 18.0 Å². The Hall–Kier alpha value is -1.92. The zero-order chi connectivity index (χ0) is 16.1. The maximum atomic E-state index is 12.0. The average molecular weight is 305 g/mol. The number of anilines is 1. The number of nitrogens with zero attached hydrogens (tertiary/aromatic N) is 1. The summed E-state index contributed by atoms with van der Waals surface area (Å²) in [6, 6.07) is 6.51. The number of carbonyl (C=O) groups is 2. The standard InChI is InChI=1S/C16H23N3O3/c1-11(15(21)16(22)18-9-12-5-6-12)19(10-20)14-4-2-3-13(7-14)8-17/h2-4,7,10-12,15,21H,5-6,8-9,17H2,1H3,(H,18,22). The molecule has 0 aromatic heterocycles. The van der Waals surface area contributed by atoms with Crippen LogP contribution >= 0.6 is 0 Å². The molecule has 2 atom stereocenters. The van der Waals surface area contributed by atoms with Crippen molar-refractivity contribution in [1.82, 2.24) is 5.32 Å². The predicted octanol–water partition coefficient (Wildman–Crippen LogP) is 0.384. The number of rotatable bonds is 8. The number of hydrogen-bond donors (Lipinski definition) is 3. The van der Waals surface area contributed by atoms with E-state index in [2.05, 4.69) is 5.32 Å². The highest BCUT2D eigenvalue weighted by Crippen LogP contribution is 2.27. The molecule has 0 saturated heterocycles. The summed E-state index contributed by atoms with van der Waals surface area (Å²) in [5, 5.41) is 12.9. The smallest absolute Gasteiger partial charge is 0.251 e. The molecular formula is C16H23N3O3. The zero-order valence-electron chi connectivity index (χ0n) is 12.7. The van der Waals surface area contributed by atoms with Crippen molar-refractivity contribution in [2.75, 3.05) is 11.4 Å². The quantitative estimate of drug-likeness (QED) is 0.605. The lowest BCUT2D eigenvalue weighted by Gasteiger charge is -2.28. The van der Waals surface area contributed by atoms with Crippen LogP contribution in [0.2, 0.25) is 0 Å². The fraction of sp³-hybridized carbons (Fsp3) is 0.500. The highest BCUT2D eigenvalue weighted by atomic mass is 16.3.